The Labute approximate surface area is 81.7 Å². The van der Waals surface area contributed by atoms with Crippen molar-refractivity contribution in [2.24, 2.45) is 0 Å². The van der Waals surface area contributed by atoms with Crippen molar-refractivity contribution >= 4 is 5.88 Å². The van der Waals surface area contributed by atoms with Crippen LogP contribution < -0.4 is 5.73 Å². The molecule has 74 valence electrons. The van der Waals surface area contributed by atoms with Gasteiger partial charge in [-0.3, -0.25) is 0 Å². The third-order valence-electron chi connectivity index (χ3n) is 2.25. The van der Waals surface area contributed by atoms with E-state index in [4.69, 9.17) is 14.7 Å². The quantitative estimate of drug-likeness (QED) is 0.793. The van der Waals surface area contributed by atoms with Crippen molar-refractivity contribution in [3.63, 3.8) is 0 Å². The van der Waals surface area contributed by atoms with Crippen LogP contribution in [0, 0.1) is 6.92 Å². The van der Waals surface area contributed by atoms with Crippen LogP contribution in [0.1, 0.15) is 18.1 Å². The van der Waals surface area contributed by atoms with Gasteiger partial charge >= 0.3 is 0 Å². The van der Waals surface area contributed by atoms with E-state index in [9.17, 15) is 0 Å². The second-order valence-corrected chi connectivity index (χ2v) is 3.16. The molecule has 0 spiro atoms. The van der Waals surface area contributed by atoms with Crippen molar-refractivity contribution in [1.82, 2.24) is 5.16 Å². The fourth-order valence-electron chi connectivity index (χ4n) is 1.46. The van der Waals surface area contributed by atoms with Crippen molar-refractivity contribution in [2.45, 2.75) is 20.3 Å². The molecule has 0 aromatic carbocycles. The minimum absolute atomic E-state index is 0.373. The molecule has 0 radical (unpaired) electrons. The lowest BCUT2D eigenvalue weighted by atomic mass is 10.1. The Kier molecular flexibility index (Phi) is 2.04. The number of furan rings is 1. The average molecular weight is 192 g/mol. The molecular weight excluding hydrogens is 180 g/mol. The molecule has 0 aliphatic heterocycles. The number of hydrogen-bond donors (Lipinski definition) is 1. The highest BCUT2D eigenvalue weighted by Gasteiger charge is 2.17. The van der Waals surface area contributed by atoms with Gasteiger partial charge in [-0.15, -0.1) is 0 Å². The number of nitrogens with zero attached hydrogens (tertiary/aromatic N) is 1. The molecule has 2 heterocycles. The van der Waals surface area contributed by atoms with E-state index in [1.165, 1.54) is 0 Å². The van der Waals surface area contributed by atoms with Crippen LogP contribution in [0.3, 0.4) is 0 Å². The molecule has 0 fully saturated rings. The zero-order valence-electron chi connectivity index (χ0n) is 8.20. The number of aromatic nitrogens is 1. The van der Waals surface area contributed by atoms with Crippen LogP contribution in [-0.2, 0) is 6.42 Å². The highest BCUT2D eigenvalue weighted by molar-refractivity contribution is 5.64. The minimum atomic E-state index is 0.373. The lowest BCUT2D eigenvalue weighted by Gasteiger charge is -1.95. The van der Waals surface area contributed by atoms with Crippen LogP contribution in [0.2, 0.25) is 0 Å². The minimum Gasteiger partial charge on any atom is -0.462 e. The maximum atomic E-state index is 5.64. The summed E-state index contributed by atoms with van der Waals surface area (Å²) in [5.74, 6) is 1.11. The van der Waals surface area contributed by atoms with E-state index in [0.717, 1.165) is 23.3 Å². The smallest absolute Gasteiger partial charge is 0.226 e. The third kappa shape index (κ3) is 1.19. The van der Waals surface area contributed by atoms with E-state index in [0.29, 0.717) is 11.6 Å². The normalized spacial score (nSPS) is 10.7. The van der Waals surface area contributed by atoms with Crippen molar-refractivity contribution < 1.29 is 8.94 Å². The lowest BCUT2D eigenvalue weighted by Crippen LogP contribution is -1.89. The van der Waals surface area contributed by atoms with Gasteiger partial charge in [0.1, 0.15) is 0 Å². The highest BCUT2D eigenvalue weighted by atomic mass is 16.5. The van der Waals surface area contributed by atoms with Crippen LogP contribution in [0.25, 0.3) is 11.5 Å². The molecule has 0 aliphatic carbocycles. The molecule has 2 aromatic heterocycles. The fourth-order valence-corrected chi connectivity index (χ4v) is 1.46. The van der Waals surface area contributed by atoms with Crippen molar-refractivity contribution in [2.75, 3.05) is 5.73 Å². The predicted molar refractivity (Wildman–Crippen MR) is 52.7 cm³/mol. The molecule has 14 heavy (non-hydrogen) atoms. The Morgan fingerprint density at radius 2 is 2.29 bits per heavy atom. The van der Waals surface area contributed by atoms with E-state index < -0.39 is 0 Å². The molecule has 2 N–H and O–H groups in total. The van der Waals surface area contributed by atoms with Gasteiger partial charge in [-0.2, -0.15) is 0 Å². The zero-order valence-corrected chi connectivity index (χ0v) is 8.20. The van der Waals surface area contributed by atoms with Gasteiger partial charge in [0.05, 0.1) is 6.26 Å². The second kappa shape index (κ2) is 3.21. The van der Waals surface area contributed by atoms with Crippen LogP contribution in [-0.4, -0.2) is 5.16 Å². The van der Waals surface area contributed by atoms with Crippen molar-refractivity contribution in [3.8, 4) is 11.5 Å². The van der Waals surface area contributed by atoms with E-state index >= 15 is 0 Å². The molecule has 0 saturated heterocycles. The molecule has 0 saturated carbocycles. The molecule has 0 amide bonds. The zero-order chi connectivity index (χ0) is 10.1. The second-order valence-electron chi connectivity index (χ2n) is 3.16. The Morgan fingerprint density at radius 3 is 2.86 bits per heavy atom. The standard InChI is InChI=1S/C10H12N2O2/c1-3-7-8(12-14-10(7)11)9-6(2)4-5-13-9/h4-5H,3,11H2,1-2H3. The largest absolute Gasteiger partial charge is 0.462 e. The summed E-state index contributed by atoms with van der Waals surface area (Å²) in [7, 11) is 0. The monoisotopic (exact) mass is 192 g/mol. The first-order valence-electron chi connectivity index (χ1n) is 4.52. The SMILES string of the molecule is CCc1c(-c2occc2C)noc1N. The van der Waals surface area contributed by atoms with Crippen LogP contribution >= 0.6 is 0 Å². The molecule has 0 unspecified atom stereocenters. The van der Waals surface area contributed by atoms with Crippen molar-refractivity contribution in [1.29, 1.82) is 0 Å². The highest BCUT2D eigenvalue weighted by Crippen LogP contribution is 2.30. The Bertz CT molecular complexity index is 443. The van der Waals surface area contributed by atoms with Crippen LogP contribution in [0.15, 0.2) is 21.3 Å². The molecular formula is C10H12N2O2. The molecule has 4 heteroatoms. The summed E-state index contributed by atoms with van der Waals surface area (Å²) >= 11 is 0. The molecule has 4 nitrogen and oxygen atoms in total. The van der Waals surface area contributed by atoms with Gasteiger partial charge in [-0.25, -0.2) is 0 Å². The van der Waals surface area contributed by atoms with E-state index in [-0.39, 0.29) is 0 Å². The maximum Gasteiger partial charge on any atom is 0.226 e. The number of rotatable bonds is 2. The Hall–Kier alpha value is -1.71. The van der Waals surface area contributed by atoms with E-state index in [2.05, 4.69) is 5.16 Å². The lowest BCUT2D eigenvalue weighted by molar-refractivity contribution is 0.435. The number of nitrogens with two attached hydrogens (primary N) is 1. The summed E-state index contributed by atoms with van der Waals surface area (Å²) < 4.78 is 10.3. The topological polar surface area (TPSA) is 65.2 Å². The van der Waals surface area contributed by atoms with E-state index in [1.807, 2.05) is 19.9 Å². The molecule has 0 atom stereocenters. The van der Waals surface area contributed by atoms with E-state index in [1.54, 1.807) is 6.26 Å². The summed E-state index contributed by atoms with van der Waals surface area (Å²) in [5, 5.41) is 3.90. The van der Waals surface area contributed by atoms with Gasteiger partial charge in [0.2, 0.25) is 5.88 Å². The van der Waals surface area contributed by atoms with Gasteiger partial charge in [-0.05, 0) is 25.0 Å². The first-order valence-corrected chi connectivity index (χ1v) is 4.52. The van der Waals surface area contributed by atoms with Gasteiger partial charge in [0, 0.05) is 5.56 Å². The first-order chi connectivity index (χ1) is 6.74. The summed E-state index contributed by atoms with van der Waals surface area (Å²) in [6.45, 7) is 3.97. The van der Waals surface area contributed by atoms with Crippen LogP contribution in [0.5, 0.6) is 0 Å². The number of hydrogen-bond acceptors (Lipinski definition) is 4. The molecule has 2 rings (SSSR count). The van der Waals surface area contributed by atoms with Gasteiger partial charge < -0.3 is 14.7 Å². The Morgan fingerprint density at radius 1 is 1.50 bits per heavy atom. The predicted octanol–water partition coefficient (Wildman–Crippen LogP) is 2.39. The summed E-state index contributed by atoms with van der Waals surface area (Å²) in [6.07, 6.45) is 2.42. The Balaban J connectivity index is 2.57. The van der Waals surface area contributed by atoms with Gasteiger partial charge in [0.15, 0.2) is 11.5 Å². The molecule has 0 bridgehead atoms. The average Bonchev–Trinajstić information content (AvgIpc) is 2.71. The molecule has 0 aliphatic rings. The van der Waals surface area contributed by atoms with Crippen molar-refractivity contribution in [3.05, 3.63) is 23.5 Å². The summed E-state index contributed by atoms with van der Waals surface area (Å²) in [6, 6.07) is 1.89. The summed E-state index contributed by atoms with van der Waals surface area (Å²) in [5.41, 5.74) is 8.29. The number of nitrogen functional groups attached to an aromatic ring is 1. The summed E-state index contributed by atoms with van der Waals surface area (Å²) in [4.78, 5) is 0. The number of anilines is 1. The number of aryl methyl sites for hydroxylation is 1. The van der Waals surface area contributed by atoms with Gasteiger partial charge in [-0.1, -0.05) is 12.1 Å². The van der Waals surface area contributed by atoms with Crippen LogP contribution in [0.4, 0.5) is 5.88 Å². The van der Waals surface area contributed by atoms with Gasteiger partial charge in [0.25, 0.3) is 0 Å². The third-order valence-corrected chi connectivity index (χ3v) is 2.25. The molecule has 2 aromatic rings. The first kappa shape index (κ1) is 8.87. The maximum absolute atomic E-state index is 5.64. The fraction of sp³-hybridized carbons (Fsp3) is 0.300.